The van der Waals surface area contributed by atoms with Crippen LogP contribution in [0.25, 0.3) is 0 Å². The smallest absolute Gasteiger partial charge is 0.277 e. The number of amides is 1. The summed E-state index contributed by atoms with van der Waals surface area (Å²) in [5, 5.41) is 2.67. The first-order valence-electron chi connectivity index (χ1n) is 9.11. The zero-order valence-corrected chi connectivity index (χ0v) is 15.9. The molecule has 1 atom stereocenters. The van der Waals surface area contributed by atoms with E-state index in [1.54, 1.807) is 17.4 Å². The predicted molar refractivity (Wildman–Crippen MR) is 96.1 cm³/mol. The number of benzene rings is 1. The Bertz CT molecular complexity index is 740. The van der Waals surface area contributed by atoms with Gasteiger partial charge in [0, 0.05) is 7.05 Å². The third-order valence-electron chi connectivity index (χ3n) is 5.57. The van der Waals surface area contributed by atoms with Crippen molar-refractivity contribution in [3.63, 3.8) is 0 Å². The summed E-state index contributed by atoms with van der Waals surface area (Å²) in [6.45, 7) is 4.10. The van der Waals surface area contributed by atoms with E-state index in [1.807, 2.05) is 19.1 Å². The van der Waals surface area contributed by atoms with Crippen LogP contribution in [0.5, 0.6) is 0 Å². The first-order valence-corrected chi connectivity index (χ1v) is 10.6. The molecule has 1 aromatic rings. The van der Waals surface area contributed by atoms with Gasteiger partial charge in [0.1, 0.15) is 0 Å². The van der Waals surface area contributed by atoms with E-state index in [2.05, 4.69) is 5.32 Å². The van der Waals surface area contributed by atoms with Crippen LogP contribution in [-0.4, -0.2) is 57.9 Å². The Kier molecular flexibility index (Phi) is 5.46. The van der Waals surface area contributed by atoms with Crippen LogP contribution in [0, 0.1) is 0 Å². The van der Waals surface area contributed by atoms with Gasteiger partial charge in [-0.2, -0.15) is 4.31 Å². The number of aryl methyl sites for hydroxylation is 2. The average molecular weight is 367 g/mol. The number of likely N-dealkylation sites (N-methyl/N-ethyl adjacent to an activating group) is 1. The summed E-state index contributed by atoms with van der Waals surface area (Å²) in [6, 6.07) is 5.46. The lowest BCUT2D eigenvalue weighted by molar-refractivity contribution is -0.917. The van der Waals surface area contributed by atoms with Crippen molar-refractivity contribution in [2.75, 3.05) is 33.2 Å². The maximum Gasteiger partial charge on any atom is 0.277 e. The van der Waals surface area contributed by atoms with Gasteiger partial charge < -0.3 is 10.2 Å². The van der Waals surface area contributed by atoms with Gasteiger partial charge in [-0.05, 0) is 55.9 Å². The van der Waals surface area contributed by atoms with Gasteiger partial charge in [0.25, 0.3) is 5.91 Å². The minimum Gasteiger partial charge on any atom is -0.354 e. The van der Waals surface area contributed by atoms with Gasteiger partial charge in [0.2, 0.25) is 10.0 Å². The molecule has 0 saturated carbocycles. The third kappa shape index (κ3) is 3.73. The molecule has 3 rings (SSSR count). The number of hydrogen-bond acceptors (Lipinski definition) is 3. The number of fused-ring (bicyclic) bond motifs is 1. The van der Waals surface area contributed by atoms with Crippen LogP contribution in [0.15, 0.2) is 23.1 Å². The summed E-state index contributed by atoms with van der Waals surface area (Å²) in [4.78, 5) is 13.3. The van der Waals surface area contributed by atoms with Gasteiger partial charge in [0.15, 0.2) is 6.04 Å². The summed E-state index contributed by atoms with van der Waals surface area (Å²) < 4.78 is 27.5. The molecule has 2 N–H and O–H groups in total. The molecule has 0 spiro atoms. The van der Waals surface area contributed by atoms with Crippen molar-refractivity contribution in [3.05, 3.63) is 29.3 Å². The number of sulfonamides is 1. The van der Waals surface area contributed by atoms with Gasteiger partial charge in [-0.1, -0.05) is 6.07 Å². The van der Waals surface area contributed by atoms with Crippen LogP contribution in [0.1, 0.15) is 30.9 Å². The van der Waals surface area contributed by atoms with Crippen LogP contribution < -0.4 is 10.2 Å². The molecule has 25 heavy (non-hydrogen) atoms. The van der Waals surface area contributed by atoms with E-state index in [0.717, 1.165) is 24.2 Å². The normalized spacial score (nSPS) is 20.7. The average Bonchev–Trinajstić information content (AvgIpc) is 2.66. The van der Waals surface area contributed by atoms with E-state index >= 15 is 0 Å². The Balaban J connectivity index is 1.71. The molecule has 1 aromatic carbocycles. The van der Waals surface area contributed by atoms with Crippen molar-refractivity contribution in [2.45, 2.75) is 43.5 Å². The Hall–Kier alpha value is -1.44. The number of carbonyl (C=O) groups is 1. The summed E-state index contributed by atoms with van der Waals surface area (Å²) in [7, 11) is -1.82. The van der Waals surface area contributed by atoms with Crippen molar-refractivity contribution in [3.8, 4) is 0 Å². The topological polar surface area (TPSA) is 70.9 Å². The molecule has 6 nitrogen and oxygen atoms in total. The second-order valence-corrected chi connectivity index (χ2v) is 8.97. The molecule has 0 unspecified atom stereocenters. The minimum atomic E-state index is -3.45. The lowest BCUT2D eigenvalue weighted by atomic mass is 9.92. The molecule has 0 aromatic heterocycles. The van der Waals surface area contributed by atoms with Crippen molar-refractivity contribution >= 4 is 15.9 Å². The zero-order valence-electron chi connectivity index (χ0n) is 15.0. The van der Waals surface area contributed by atoms with Gasteiger partial charge >= 0.3 is 0 Å². The molecule has 7 heteroatoms. The van der Waals surface area contributed by atoms with Crippen molar-refractivity contribution < 1.29 is 18.1 Å². The standard InChI is InChI=1S/C18H27N3O3S/c1-14(18(22)19-2)20-9-11-21(12-10-20)25(23,24)17-8-7-15-5-3-4-6-16(15)13-17/h7-8,13-14H,3-6,9-12H2,1-2H3,(H,19,22)/p+1/t14-/m0/s1. The van der Waals surface area contributed by atoms with Crippen LogP contribution in [-0.2, 0) is 27.7 Å². The largest absolute Gasteiger partial charge is 0.354 e. The molecule has 138 valence electrons. The van der Waals surface area contributed by atoms with E-state index in [1.165, 1.54) is 17.5 Å². The molecule has 1 fully saturated rings. The summed E-state index contributed by atoms with van der Waals surface area (Å²) in [6.07, 6.45) is 4.35. The molecule has 1 saturated heterocycles. The van der Waals surface area contributed by atoms with Crippen molar-refractivity contribution in [2.24, 2.45) is 0 Å². The van der Waals surface area contributed by atoms with Gasteiger partial charge in [0.05, 0.1) is 31.1 Å². The summed E-state index contributed by atoms with van der Waals surface area (Å²) >= 11 is 0. The zero-order chi connectivity index (χ0) is 18.0. The molecule has 0 bridgehead atoms. The van der Waals surface area contributed by atoms with Gasteiger partial charge in [-0.15, -0.1) is 0 Å². The van der Waals surface area contributed by atoms with E-state index in [0.29, 0.717) is 31.1 Å². The highest BCUT2D eigenvalue weighted by Crippen LogP contribution is 2.25. The SMILES string of the molecule is CNC(=O)[C@H](C)[NH+]1CCN(S(=O)(=O)c2ccc3c(c2)CCCC3)CC1. The van der Waals surface area contributed by atoms with Crippen LogP contribution >= 0.6 is 0 Å². The fourth-order valence-electron chi connectivity index (χ4n) is 3.87. The summed E-state index contributed by atoms with van der Waals surface area (Å²) in [5.41, 5.74) is 2.48. The van der Waals surface area contributed by atoms with E-state index in [9.17, 15) is 13.2 Å². The number of hydrogen-bond donors (Lipinski definition) is 2. The molecule has 1 aliphatic carbocycles. The third-order valence-corrected chi connectivity index (χ3v) is 7.47. The van der Waals surface area contributed by atoms with Gasteiger partial charge in [-0.3, -0.25) is 4.79 Å². The molecular weight excluding hydrogens is 338 g/mol. The molecule has 2 aliphatic rings. The van der Waals surface area contributed by atoms with E-state index < -0.39 is 10.0 Å². The van der Waals surface area contributed by atoms with Crippen LogP contribution in [0.4, 0.5) is 0 Å². The second-order valence-electron chi connectivity index (χ2n) is 7.04. The second kappa shape index (κ2) is 7.43. The quantitative estimate of drug-likeness (QED) is 0.761. The molecule has 0 radical (unpaired) electrons. The van der Waals surface area contributed by atoms with Crippen LogP contribution in [0.2, 0.25) is 0 Å². The Labute approximate surface area is 150 Å². The predicted octanol–water partition coefficient (Wildman–Crippen LogP) is -0.411. The number of nitrogens with one attached hydrogen (secondary N) is 2. The number of carbonyl (C=O) groups excluding carboxylic acids is 1. The maximum atomic E-state index is 13.0. The maximum absolute atomic E-state index is 13.0. The lowest BCUT2D eigenvalue weighted by Crippen LogP contribution is -3.19. The highest BCUT2D eigenvalue weighted by Gasteiger charge is 2.34. The minimum absolute atomic E-state index is 0.000921. The fraction of sp³-hybridized carbons (Fsp3) is 0.611. The van der Waals surface area contributed by atoms with Crippen molar-refractivity contribution in [1.82, 2.24) is 9.62 Å². The van der Waals surface area contributed by atoms with Crippen LogP contribution in [0.3, 0.4) is 0 Å². The van der Waals surface area contributed by atoms with Gasteiger partial charge in [-0.25, -0.2) is 8.42 Å². The first kappa shape index (κ1) is 18.4. The van der Waals surface area contributed by atoms with E-state index in [-0.39, 0.29) is 11.9 Å². The first-order chi connectivity index (χ1) is 11.9. The number of nitrogens with zero attached hydrogens (tertiary/aromatic N) is 1. The molecule has 1 amide bonds. The number of quaternary nitrogens is 1. The number of rotatable bonds is 4. The monoisotopic (exact) mass is 366 g/mol. The highest BCUT2D eigenvalue weighted by atomic mass is 32.2. The Morgan fingerprint density at radius 3 is 2.44 bits per heavy atom. The summed E-state index contributed by atoms with van der Waals surface area (Å²) in [5.74, 6) is 0.000921. The fourth-order valence-corrected chi connectivity index (χ4v) is 5.36. The Morgan fingerprint density at radius 1 is 1.16 bits per heavy atom. The van der Waals surface area contributed by atoms with E-state index in [4.69, 9.17) is 0 Å². The van der Waals surface area contributed by atoms with Crippen molar-refractivity contribution in [1.29, 1.82) is 0 Å². The molecule has 1 heterocycles. The molecule has 1 aliphatic heterocycles. The molecular formula is C18H28N3O3S+. The Morgan fingerprint density at radius 2 is 1.80 bits per heavy atom. The lowest BCUT2D eigenvalue weighted by Gasteiger charge is -2.34. The number of piperazine rings is 1. The highest BCUT2D eigenvalue weighted by molar-refractivity contribution is 7.89.